The number of nitrogens with zero attached hydrogens (tertiary/aromatic N) is 1. The molecule has 0 aliphatic rings. The minimum atomic E-state index is -0.922. The first-order valence-corrected chi connectivity index (χ1v) is 4.48. The van der Waals surface area contributed by atoms with Crippen molar-refractivity contribution in [3.8, 4) is 11.3 Å². The van der Waals surface area contributed by atoms with Crippen molar-refractivity contribution in [2.45, 2.75) is 19.4 Å². The van der Waals surface area contributed by atoms with E-state index >= 15 is 0 Å². The Kier molecular flexibility index (Phi) is 1.93. The number of nitrogens with one attached hydrogen (secondary N) is 2. The maximum absolute atomic E-state index is 9.70. The van der Waals surface area contributed by atoms with E-state index in [4.69, 9.17) is 0 Å². The predicted octanol–water partition coefficient (Wildman–Crippen LogP) is 1.63. The summed E-state index contributed by atoms with van der Waals surface area (Å²) in [5.41, 5.74) is 1.02. The molecule has 0 fully saturated rings. The van der Waals surface area contributed by atoms with E-state index in [1.165, 1.54) is 0 Å². The fourth-order valence-corrected chi connectivity index (χ4v) is 1.27. The Labute approximate surface area is 82.0 Å². The van der Waals surface area contributed by atoms with Gasteiger partial charge in [-0.25, -0.2) is 4.98 Å². The van der Waals surface area contributed by atoms with E-state index in [1.807, 2.05) is 18.5 Å². The second-order valence-electron chi connectivity index (χ2n) is 3.80. The van der Waals surface area contributed by atoms with Gasteiger partial charge in [0.2, 0.25) is 0 Å². The number of aliphatic hydroxyl groups is 1. The molecule has 4 nitrogen and oxygen atoms in total. The Hall–Kier alpha value is -1.55. The lowest BCUT2D eigenvalue weighted by Crippen LogP contribution is -2.17. The number of hydrogen-bond donors (Lipinski definition) is 3. The van der Waals surface area contributed by atoms with Crippen LogP contribution < -0.4 is 0 Å². The summed E-state index contributed by atoms with van der Waals surface area (Å²) in [6.07, 6.45) is 5.44. The molecule has 0 unspecified atom stereocenters. The van der Waals surface area contributed by atoms with Gasteiger partial charge >= 0.3 is 0 Å². The fourth-order valence-electron chi connectivity index (χ4n) is 1.27. The number of imidazole rings is 1. The molecule has 0 saturated heterocycles. The van der Waals surface area contributed by atoms with Crippen LogP contribution in [-0.2, 0) is 5.60 Å². The monoisotopic (exact) mass is 191 g/mol. The third-order valence-electron chi connectivity index (χ3n) is 2.06. The molecular formula is C10H13N3O. The number of hydrogen-bond acceptors (Lipinski definition) is 2. The first-order chi connectivity index (χ1) is 6.57. The van der Waals surface area contributed by atoms with Gasteiger partial charge in [-0.3, -0.25) is 0 Å². The van der Waals surface area contributed by atoms with Gasteiger partial charge in [0.1, 0.15) is 11.4 Å². The average molecular weight is 191 g/mol. The summed E-state index contributed by atoms with van der Waals surface area (Å²) >= 11 is 0. The highest BCUT2D eigenvalue weighted by Gasteiger charge is 2.19. The van der Waals surface area contributed by atoms with Gasteiger partial charge in [-0.2, -0.15) is 0 Å². The minimum absolute atomic E-state index is 0.578. The lowest BCUT2D eigenvalue weighted by atomic mass is 10.1. The van der Waals surface area contributed by atoms with Gasteiger partial charge in [0, 0.05) is 18.0 Å². The Morgan fingerprint density at radius 3 is 2.71 bits per heavy atom. The van der Waals surface area contributed by atoms with E-state index in [-0.39, 0.29) is 0 Å². The molecular weight excluding hydrogens is 178 g/mol. The lowest BCUT2D eigenvalue weighted by molar-refractivity contribution is 0.0697. The number of H-pyrrole nitrogens is 2. The van der Waals surface area contributed by atoms with Gasteiger partial charge in [-0.05, 0) is 19.9 Å². The van der Waals surface area contributed by atoms with Gasteiger partial charge in [-0.1, -0.05) is 0 Å². The first kappa shape index (κ1) is 9.02. The molecule has 0 bridgehead atoms. The zero-order valence-corrected chi connectivity index (χ0v) is 8.20. The van der Waals surface area contributed by atoms with Crippen LogP contribution in [-0.4, -0.2) is 20.1 Å². The molecule has 74 valence electrons. The molecule has 3 N–H and O–H groups in total. The van der Waals surface area contributed by atoms with E-state index in [0.717, 1.165) is 11.3 Å². The average Bonchev–Trinajstić information content (AvgIpc) is 2.73. The molecule has 0 aromatic carbocycles. The van der Waals surface area contributed by atoms with Crippen molar-refractivity contribution in [3.63, 3.8) is 0 Å². The summed E-state index contributed by atoms with van der Waals surface area (Å²) in [5, 5.41) is 9.70. The smallest absolute Gasteiger partial charge is 0.138 e. The summed E-state index contributed by atoms with van der Waals surface area (Å²) < 4.78 is 0. The Morgan fingerprint density at radius 2 is 2.21 bits per heavy atom. The first-order valence-electron chi connectivity index (χ1n) is 4.48. The van der Waals surface area contributed by atoms with Crippen molar-refractivity contribution in [3.05, 3.63) is 30.5 Å². The fraction of sp³-hybridized carbons (Fsp3) is 0.300. The van der Waals surface area contributed by atoms with Crippen LogP contribution in [0.5, 0.6) is 0 Å². The molecule has 2 rings (SSSR count). The molecule has 0 aliphatic heterocycles. The van der Waals surface area contributed by atoms with Gasteiger partial charge in [0.25, 0.3) is 0 Å². The van der Waals surface area contributed by atoms with E-state index in [2.05, 4.69) is 15.0 Å². The van der Waals surface area contributed by atoms with Crippen LogP contribution >= 0.6 is 0 Å². The number of aromatic amines is 2. The number of rotatable bonds is 2. The van der Waals surface area contributed by atoms with Crippen molar-refractivity contribution >= 4 is 0 Å². The molecule has 0 amide bonds. The molecule has 0 radical (unpaired) electrons. The number of aromatic nitrogens is 3. The Balaban J connectivity index is 2.36. The second-order valence-corrected chi connectivity index (χ2v) is 3.80. The highest BCUT2D eigenvalue weighted by Crippen LogP contribution is 2.21. The maximum Gasteiger partial charge on any atom is 0.138 e. The zero-order valence-electron chi connectivity index (χ0n) is 8.20. The van der Waals surface area contributed by atoms with Gasteiger partial charge in [0.05, 0.1) is 11.9 Å². The van der Waals surface area contributed by atoms with Crippen LogP contribution in [0.15, 0.2) is 24.7 Å². The summed E-state index contributed by atoms with van der Waals surface area (Å²) in [7, 11) is 0. The van der Waals surface area contributed by atoms with Gasteiger partial charge < -0.3 is 15.1 Å². The predicted molar refractivity (Wildman–Crippen MR) is 53.6 cm³/mol. The minimum Gasteiger partial charge on any atom is -0.383 e. The van der Waals surface area contributed by atoms with Crippen LogP contribution in [0.4, 0.5) is 0 Å². The van der Waals surface area contributed by atoms with Crippen LogP contribution in [0, 0.1) is 0 Å². The Morgan fingerprint density at radius 1 is 1.43 bits per heavy atom. The molecule has 2 heterocycles. The third kappa shape index (κ3) is 1.56. The molecule has 4 heteroatoms. The molecule has 2 aromatic heterocycles. The van der Waals surface area contributed by atoms with Crippen molar-refractivity contribution in [2.75, 3.05) is 0 Å². The molecule has 0 atom stereocenters. The summed E-state index contributed by atoms with van der Waals surface area (Å²) in [5.74, 6) is 0.578. The molecule has 2 aromatic rings. The largest absolute Gasteiger partial charge is 0.383 e. The van der Waals surface area contributed by atoms with E-state index in [9.17, 15) is 5.11 Å². The van der Waals surface area contributed by atoms with Crippen molar-refractivity contribution in [1.82, 2.24) is 15.0 Å². The SMILES string of the molecule is CC(C)(O)c1ncc(-c2cc[nH]c2)[nH]1. The summed E-state index contributed by atoms with van der Waals surface area (Å²) in [4.78, 5) is 10.2. The van der Waals surface area contributed by atoms with E-state index in [1.54, 1.807) is 20.0 Å². The van der Waals surface area contributed by atoms with E-state index < -0.39 is 5.60 Å². The molecule has 0 spiro atoms. The quantitative estimate of drug-likeness (QED) is 0.675. The van der Waals surface area contributed by atoms with Crippen molar-refractivity contribution in [1.29, 1.82) is 0 Å². The van der Waals surface area contributed by atoms with Crippen LogP contribution in [0.1, 0.15) is 19.7 Å². The molecule has 0 saturated carbocycles. The van der Waals surface area contributed by atoms with Gasteiger partial charge in [0.15, 0.2) is 0 Å². The topological polar surface area (TPSA) is 64.7 Å². The highest BCUT2D eigenvalue weighted by molar-refractivity contribution is 5.57. The van der Waals surface area contributed by atoms with Crippen LogP contribution in [0.25, 0.3) is 11.3 Å². The maximum atomic E-state index is 9.70. The Bertz CT molecular complexity index is 409. The highest BCUT2D eigenvalue weighted by atomic mass is 16.3. The molecule has 14 heavy (non-hydrogen) atoms. The zero-order chi connectivity index (χ0) is 10.2. The standard InChI is InChI=1S/C10H13N3O/c1-10(2,14)9-12-6-8(13-9)7-3-4-11-5-7/h3-6,11,14H,1-2H3,(H,12,13). The third-order valence-corrected chi connectivity index (χ3v) is 2.06. The summed E-state index contributed by atoms with van der Waals surface area (Å²) in [6, 6.07) is 1.95. The molecule has 0 aliphatic carbocycles. The van der Waals surface area contributed by atoms with Crippen LogP contribution in [0.3, 0.4) is 0 Å². The second kappa shape index (κ2) is 2.99. The summed E-state index contributed by atoms with van der Waals surface area (Å²) in [6.45, 7) is 3.40. The van der Waals surface area contributed by atoms with Crippen molar-refractivity contribution in [2.24, 2.45) is 0 Å². The van der Waals surface area contributed by atoms with E-state index in [0.29, 0.717) is 5.82 Å². The normalized spacial score (nSPS) is 11.9. The van der Waals surface area contributed by atoms with Gasteiger partial charge in [-0.15, -0.1) is 0 Å². The lowest BCUT2D eigenvalue weighted by Gasteiger charge is -2.12. The van der Waals surface area contributed by atoms with Crippen LogP contribution in [0.2, 0.25) is 0 Å². The van der Waals surface area contributed by atoms with Crippen molar-refractivity contribution < 1.29 is 5.11 Å².